The van der Waals surface area contributed by atoms with Crippen LogP contribution in [0.2, 0.25) is 0 Å². The minimum absolute atomic E-state index is 0.581. The Bertz CT molecular complexity index is 399. The number of piperazine rings is 1. The second kappa shape index (κ2) is 5.12. The van der Waals surface area contributed by atoms with Gasteiger partial charge in [-0.15, -0.1) is 11.3 Å². The maximum Gasteiger partial charge on any atom is 0.328 e. The number of carboxylic acids is 1. The normalized spacial score (nSPS) is 20.4. The van der Waals surface area contributed by atoms with Crippen molar-refractivity contribution in [3.05, 3.63) is 16.1 Å². The van der Waals surface area contributed by atoms with Crippen molar-refractivity contribution in [2.24, 2.45) is 0 Å². The number of aryl methyl sites for hydroxylation is 1. The zero-order valence-corrected chi connectivity index (χ0v) is 10.9. The van der Waals surface area contributed by atoms with E-state index in [0.717, 1.165) is 31.9 Å². The summed E-state index contributed by atoms with van der Waals surface area (Å²) in [4.78, 5) is 19.9. The molecular weight excluding hydrogens is 238 g/mol. The molecule has 2 rings (SSSR count). The maximum absolute atomic E-state index is 11.4. The molecule has 0 saturated carbocycles. The van der Waals surface area contributed by atoms with Crippen molar-refractivity contribution < 1.29 is 9.90 Å². The Morgan fingerprint density at radius 2 is 2.12 bits per heavy atom. The molecular formula is C11H17N3O2S. The molecule has 1 unspecified atom stereocenters. The molecule has 5 nitrogen and oxygen atoms in total. The van der Waals surface area contributed by atoms with Crippen LogP contribution in [0.25, 0.3) is 0 Å². The summed E-state index contributed by atoms with van der Waals surface area (Å²) in [5.74, 6) is -0.802. The first-order valence-corrected chi connectivity index (χ1v) is 6.53. The highest BCUT2D eigenvalue weighted by Crippen LogP contribution is 2.25. The summed E-state index contributed by atoms with van der Waals surface area (Å²) in [6.45, 7) is 5.28. The highest BCUT2D eigenvalue weighted by atomic mass is 32.1. The van der Waals surface area contributed by atoms with E-state index < -0.39 is 12.0 Å². The monoisotopic (exact) mass is 255 g/mol. The molecule has 2 heterocycles. The van der Waals surface area contributed by atoms with Gasteiger partial charge in [0, 0.05) is 37.3 Å². The number of likely N-dealkylation sites (N-methyl/N-ethyl adjacent to an activating group) is 1. The van der Waals surface area contributed by atoms with Crippen LogP contribution in [0, 0.1) is 6.92 Å². The van der Waals surface area contributed by atoms with Crippen LogP contribution in [-0.4, -0.2) is 59.1 Å². The van der Waals surface area contributed by atoms with Gasteiger partial charge in [-0.2, -0.15) is 0 Å². The Kier molecular flexibility index (Phi) is 3.76. The lowest BCUT2D eigenvalue weighted by atomic mass is 10.2. The zero-order chi connectivity index (χ0) is 12.4. The Balaban J connectivity index is 2.15. The molecule has 0 aliphatic carbocycles. The molecule has 17 heavy (non-hydrogen) atoms. The average Bonchev–Trinajstić information content (AvgIpc) is 2.68. The minimum Gasteiger partial charge on any atom is -0.480 e. The Morgan fingerprint density at radius 3 is 2.59 bits per heavy atom. The van der Waals surface area contributed by atoms with Crippen molar-refractivity contribution in [2.75, 3.05) is 33.2 Å². The third-order valence-electron chi connectivity index (χ3n) is 3.01. The van der Waals surface area contributed by atoms with E-state index in [2.05, 4.69) is 16.9 Å². The second-order valence-corrected chi connectivity index (χ2v) is 5.30. The zero-order valence-electron chi connectivity index (χ0n) is 10.1. The number of nitrogens with zero attached hydrogens (tertiary/aromatic N) is 3. The van der Waals surface area contributed by atoms with Gasteiger partial charge in [0.15, 0.2) is 6.04 Å². The molecule has 1 aromatic heterocycles. The van der Waals surface area contributed by atoms with Gasteiger partial charge in [0.25, 0.3) is 0 Å². The van der Waals surface area contributed by atoms with Crippen molar-refractivity contribution in [1.82, 2.24) is 14.8 Å². The van der Waals surface area contributed by atoms with Crippen LogP contribution < -0.4 is 0 Å². The molecule has 1 saturated heterocycles. The highest BCUT2D eigenvalue weighted by molar-refractivity contribution is 7.09. The van der Waals surface area contributed by atoms with Gasteiger partial charge in [-0.25, -0.2) is 4.98 Å². The van der Waals surface area contributed by atoms with Gasteiger partial charge in [0.2, 0.25) is 0 Å². The first-order chi connectivity index (χ1) is 8.08. The van der Waals surface area contributed by atoms with Crippen LogP contribution in [0.3, 0.4) is 0 Å². The molecule has 1 aliphatic rings. The summed E-state index contributed by atoms with van der Waals surface area (Å²) in [5.41, 5.74) is 0.894. The van der Waals surface area contributed by atoms with Gasteiger partial charge < -0.3 is 10.0 Å². The summed E-state index contributed by atoms with van der Waals surface area (Å²) in [5, 5.41) is 12.0. The molecule has 6 heteroatoms. The average molecular weight is 255 g/mol. The molecule has 1 atom stereocenters. The van der Waals surface area contributed by atoms with Gasteiger partial charge >= 0.3 is 5.97 Å². The standard InChI is InChI=1S/C11H17N3O2S/c1-8-7-17-10(12-8)9(11(15)16)14-5-3-13(2)4-6-14/h7,9H,3-6H2,1-2H3,(H,15,16). The second-order valence-electron chi connectivity index (χ2n) is 4.41. The minimum atomic E-state index is -0.802. The largest absolute Gasteiger partial charge is 0.480 e. The lowest BCUT2D eigenvalue weighted by Crippen LogP contribution is -2.47. The highest BCUT2D eigenvalue weighted by Gasteiger charge is 2.31. The number of rotatable bonds is 3. The number of carboxylic acid groups (broad SMARTS) is 1. The van der Waals surface area contributed by atoms with Crippen LogP contribution in [0.5, 0.6) is 0 Å². The molecule has 1 fully saturated rings. The topological polar surface area (TPSA) is 56.7 Å². The fourth-order valence-corrected chi connectivity index (χ4v) is 2.92. The van der Waals surface area contributed by atoms with Gasteiger partial charge in [-0.3, -0.25) is 9.69 Å². The number of thiazole rings is 1. The molecule has 94 valence electrons. The fraction of sp³-hybridized carbons (Fsp3) is 0.636. The van der Waals surface area contributed by atoms with E-state index in [9.17, 15) is 9.90 Å². The lowest BCUT2D eigenvalue weighted by molar-refractivity contribution is -0.144. The van der Waals surface area contributed by atoms with Crippen LogP contribution in [0.1, 0.15) is 16.7 Å². The molecule has 0 aromatic carbocycles. The molecule has 0 amide bonds. The summed E-state index contributed by atoms with van der Waals surface area (Å²) >= 11 is 1.43. The van der Waals surface area contributed by atoms with Gasteiger partial charge in [0.1, 0.15) is 5.01 Å². The van der Waals surface area contributed by atoms with Gasteiger partial charge in [0.05, 0.1) is 0 Å². The maximum atomic E-state index is 11.4. The number of hydrogen-bond acceptors (Lipinski definition) is 5. The van der Waals surface area contributed by atoms with Crippen molar-refractivity contribution >= 4 is 17.3 Å². The Hall–Kier alpha value is -0.980. The molecule has 0 spiro atoms. The number of aliphatic carboxylic acids is 1. The predicted octanol–water partition coefficient (Wildman–Crippen LogP) is 0.825. The van der Waals surface area contributed by atoms with E-state index in [4.69, 9.17) is 0 Å². The number of hydrogen-bond donors (Lipinski definition) is 1. The van der Waals surface area contributed by atoms with Crippen molar-refractivity contribution in [3.8, 4) is 0 Å². The van der Waals surface area contributed by atoms with E-state index in [-0.39, 0.29) is 0 Å². The lowest BCUT2D eigenvalue weighted by Gasteiger charge is -2.35. The first-order valence-electron chi connectivity index (χ1n) is 5.65. The SMILES string of the molecule is Cc1csc(C(C(=O)O)N2CCN(C)CC2)n1. The summed E-state index contributed by atoms with van der Waals surface area (Å²) in [7, 11) is 2.06. The third kappa shape index (κ3) is 2.83. The van der Waals surface area contributed by atoms with Gasteiger partial charge in [-0.1, -0.05) is 0 Å². The molecule has 1 N–H and O–H groups in total. The quantitative estimate of drug-likeness (QED) is 0.867. The van der Waals surface area contributed by atoms with E-state index in [0.29, 0.717) is 5.01 Å². The number of aromatic nitrogens is 1. The van der Waals surface area contributed by atoms with Crippen LogP contribution in [-0.2, 0) is 4.79 Å². The van der Waals surface area contributed by atoms with E-state index >= 15 is 0 Å². The van der Waals surface area contributed by atoms with Crippen LogP contribution >= 0.6 is 11.3 Å². The summed E-state index contributed by atoms with van der Waals surface area (Å²) < 4.78 is 0. The predicted molar refractivity (Wildman–Crippen MR) is 66.3 cm³/mol. The number of carbonyl (C=O) groups is 1. The van der Waals surface area contributed by atoms with Crippen molar-refractivity contribution in [2.45, 2.75) is 13.0 Å². The van der Waals surface area contributed by atoms with Crippen molar-refractivity contribution in [3.63, 3.8) is 0 Å². The molecule has 1 aliphatic heterocycles. The Morgan fingerprint density at radius 1 is 1.47 bits per heavy atom. The third-order valence-corrected chi connectivity index (χ3v) is 4.02. The van der Waals surface area contributed by atoms with Gasteiger partial charge in [-0.05, 0) is 14.0 Å². The van der Waals surface area contributed by atoms with E-state index in [1.54, 1.807) is 0 Å². The Labute approximate surface area is 105 Å². The molecule has 1 aromatic rings. The van der Waals surface area contributed by atoms with E-state index in [1.807, 2.05) is 17.2 Å². The van der Waals surface area contributed by atoms with E-state index in [1.165, 1.54) is 11.3 Å². The molecule has 0 bridgehead atoms. The molecule has 0 radical (unpaired) electrons. The van der Waals surface area contributed by atoms with Crippen molar-refractivity contribution in [1.29, 1.82) is 0 Å². The van der Waals surface area contributed by atoms with Crippen LogP contribution in [0.15, 0.2) is 5.38 Å². The summed E-state index contributed by atoms with van der Waals surface area (Å²) in [6.07, 6.45) is 0. The fourth-order valence-electron chi connectivity index (χ4n) is 2.00. The van der Waals surface area contributed by atoms with Crippen LogP contribution in [0.4, 0.5) is 0 Å². The smallest absolute Gasteiger partial charge is 0.328 e. The summed E-state index contributed by atoms with van der Waals surface area (Å²) in [6, 6.07) is -0.581. The first kappa shape index (κ1) is 12.5.